The number of thiophene rings is 1. The van der Waals surface area contributed by atoms with Crippen LogP contribution >= 0.6 is 11.3 Å². The van der Waals surface area contributed by atoms with E-state index in [9.17, 15) is 32.9 Å². The van der Waals surface area contributed by atoms with Gasteiger partial charge in [0.15, 0.2) is 0 Å². The number of hydrogen-bond acceptors (Lipinski definition) is 7. The van der Waals surface area contributed by atoms with Gasteiger partial charge >= 0.3 is 6.18 Å². The molecule has 0 saturated heterocycles. The fourth-order valence-corrected chi connectivity index (χ4v) is 3.61. The molecule has 1 amide bonds. The molecule has 0 spiro atoms. The number of aromatic nitrogens is 2. The molecule has 9 nitrogen and oxygen atoms in total. The number of nitro benzene ring substituents is 1. The van der Waals surface area contributed by atoms with Crippen LogP contribution in [0, 0.1) is 17.0 Å². The molecular formula is C16H12F3N5O4S. The zero-order valence-corrected chi connectivity index (χ0v) is 15.6. The Labute approximate surface area is 163 Å². The largest absolute Gasteiger partial charge is 0.416 e. The number of nitro groups is 1. The number of rotatable bonds is 4. The molecule has 0 unspecified atom stereocenters. The molecule has 0 fully saturated rings. The second-order valence-electron chi connectivity index (χ2n) is 5.96. The molecule has 1 aromatic carbocycles. The minimum Gasteiger partial charge on any atom is -0.302 e. The molecule has 0 atom stereocenters. The predicted molar refractivity (Wildman–Crippen MR) is 98.8 cm³/mol. The van der Waals surface area contributed by atoms with E-state index in [1.165, 1.54) is 17.9 Å². The standard InChI is InChI=1S/C16H12F3N5O4S/c1-7-11-14(20-6-23(2)15(11)26)29-12(7)13(25)22-21-9-4-3-8(16(17,18)19)5-10(9)24(27)28/h3-6,21H,1-2H3,(H,22,25). The van der Waals surface area contributed by atoms with Crippen LogP contribution in [0.4, 0.5) is 24.5 Å². The van der Waals surface area contributed by atoms with E-state index in [0.29, 0.717) is 22.5 Å². The smallest absolute Gasteiger partial charge is 0.302 e. The second-order valence-corrected chi connectivity index (χ2v) is 6.96. The molecule has 13 heteroatoms. The number of benzene rings is 1. The lowest BCUT2D eigenvalue weighted by Crippen LogP contribution is -2.29. The highest BCUT2D eigenvalue weighted by Crippen LogP contribution is 2.35. The van der Waals surface area contributed by atoms with Crippen molar-refractivity contribution in [2.75, 3.05) is 5.43 Å². The summed E-state index contributed by atoms with van der Waals surface area (Å²) in [4.78, 5) is 39.3. The Morgan fingerprint density at radius 2 is 2.03 bits per heavy atom. The minimum atomic E-state index is -4.75. The number of carbonyl (C=O) groups is 1. The minimum absolute atomic E-state index is 0.137. The Bertz CT molecular complexity index is 1200. The number of anilines is 1. The molecule has 2 aromatic heterocycles. The predicted octanol–water partition coefficient (Wildman–Crippen LogP) is 2.99. The Hall–Kier alpha value is -3.48. The summed E-state index contributed by atoms with van der Waals surface area (Å²) in [5.74, 6) is -0.721. The van der Waals surface area contributed by atoms with E-state index < -0.39 is 28.3 Å². The van der Waals surface area contributed by atoms with Crippen LogP contribution in [0.25, 0.3) is 10.2 Å². The summed E-state index contributed by atoms with van der Waals surface area (Å²) in [5, 5.41) is 11.4. The van der Waals surface area contributed by atoms with Crippen LogP contribution in [0.1, 0.15) is 20.8 Å². The Morgan fingerprint density at radius 3 is 2.66 bits per heavy atom. The summed E-state index contributed by atoms with van der Waals surface area (Å²) in [7, 11) is 1.51. The van der Waals surface area contributed by atoms with Gasteiger partial charge in [-0.15, -0.1) is 11.3 Å². The Morgan fingerprint density at radius 1 is 1.34 bits per heavy atom. The molecule has 3 aromatic rings. The summed E-state index contributed by atoms with van der Waals surface area (Å²) in [6.45, 7) is 1.55. The maximum absolute atomic E-state index is 12.8. The first-order chi connectivity index (χ1) is 13.5. The van der Waals surface area contributed by atoms with Gasteiger partial charge < -0.3 is 4.57 Å². The SMILES string of the molecule is Cc1c(C(=O)NNc2ccc(C(F)(F)F)cc2[N+](=O)[O-])sc2ncn(C)c(=O)c12. The molecule has 0 radical (unpaired) electrons. The number of aryl methyl sites for hydroxylation is 2. The number of fused-ring (bicyclic) bond motifs is 1. The van der Waals surface area contributed by atoms with Gasteiger partial charge in [-0.05, 0) is 24.6 Å². The highest BCUT2D eigenvalue weighted by atomic mass is 32.1. The van der Waals surface area contributed by atoms with E-state index in [-0.39, 0.29) is 21.5 Å². The maximum Gasteiger partial charge on any atom is 0.416 e. The molecule has 0 aliphatic rings. The van der Waals surface area contributed by atoms with Gasteiger partial charge in [-0.25, -0.2) is 4.98 Å². The highest BCUT2D eigenvalue weighted by Gasteiger charge is 2.33. The van der Waals surface area contributed by atoms with Gasteiger partial charge in [0.05, 0.1) is 27.1 Å². The molecule has 29 heavy (non-hydrogen) atoms. The number of halogens is 3. The summed E-state index contributed by atoms with van der Waals surface area (Å²) in [5.41, 5.74) is 2.12. The fourth-order valence-electron chi connectivity index (χ4n) is 2.57. The van der Waals surface area contributed by atoms with Crippen LogP contribution in [0.15, 0.2) is 29.3 Å². The van der Waals surface area contributed by atoms with Crippen molar-refractivity contribution in [3.05, 3.63) is 61.0 Å². The monoisotopic (exact) mass is 427 g/mol. The van der Waals surface area contributed by atoms with Crippen molar-refractivity contribution in [1.82, 2.24) is 15.0 Å². The lowest BCUT2D eigenvalue weighted by atomic mass is 10.1. The van der Waals surface area contributed by atoms with Crippen LogP contribution < -0.4 is 16.4 Å². The number of carbonyl (C=O) groups excluding carboxylic acids is 1. The molecule has 3 rings (SSSR count). The number of hydrazine groups is 1. The first-order valence-electron chi connectivity index (χ1n) is 7.87. The average Bonchev–Trinajstić information content (AvgIpc) is 2.99. The van der Waals surface area contributed by atoms with Crippen LogP contribution in [0.2, 0.25) is 0 Å². The van der Waals surface area contributed by atoms with Gasteiger partial charge in [0.2, 0.25) is 0 Å². The number of nitrogens with zero attached hydrogens (tertiary/aromatic N) is 3. The van der Waals surface area contributed by atoms with Crippen molar-refractivity contribution in [2.24, 2.45) is 7.05 Å². The maximum atomic E-state index is 12.8. The van der Waals surface area contributed by atoms with Gasteiger partial charge in [0, 0.05) is 13.1 Å². The third kappa shape index (κ3) is 3.76. The molecular weight excluding hydrogens is 415 g/mol. The van der Waals surface area contributed by atoms with Crippen LogP contribution in [-0.4, -0.2) is 20.4 Å². The Balaban J connectivity index is 1.89. The highest BCUT2D eigenvalue weighted by molar-refractivity contribution is 7.20. The second kappa shape index (κ2) is 7.16. The van der Waals surface area contributed by atoms with Crippen LogP contribution in [0.5, 0.6) is 0 Å². The number of amides is 1. The molecule has 152 valence electrons. The normalized spacial score (nSPS) is 11.5. The third-order valence-electron chi connectivity index (χ3n) is 4.05. The zero-order valence-electron chi connectivity index (χ0n) is 14.8. The van der Waals surface area contributed by atoms with E-state index in [4.69, 9.17) is 0 Å². The van der Waals surface area contributed by atoms with Gasteiger partial charge in [-0.2, -0.15) is 13.2 Å². The van der Waals surface area contributed by atoms with E-state index in [2.05, 4.69) is 15.8 Å². The van der Waals surface area contributed by atoms with Gasteiger partial charge in [-0.1, -0.05) is 0 Å². The fraction of sp³-hybridized carbons (Fsp3) is 0.188. The lowest BCUT2D eigenvalue weighted by molar-refractivity contribution is -0.384. The van der Waals surface area contributed by atoms with Crippen molar-refractivity contribution in [1.29, 1.82) is 0 Å². The third-order valence-corrected chi connectivity index (χ3v) is 5.25. The first-order valence-corrected chi connectivity index (χ1v) is 8.69. The molecule has 0 saturated carbocycles. The number of alkyl halides is 3. The lowest BCUT2D eigenvalue weighted by Gasteiger charge is -2.11. The molecule has 2 heterocycles. The molecule has 0 aliphatic heterocycles. The van der Waals surface area contributed by atoms with Crippen molar-refractivity contribution < 1.29 is 22.9 Å². The molecule has 0 bridgehead atoms. The van der Waals surface area contributed by atoms with Crippen LogP contribution in [-0.2, 0) is 13.2 Å². The quantitative estimate of drug-likeness (QED) is 0.488. The molecule has 2 N–H and O–H groups in total. The topological polar surface area (TPSA) is 119 Å². The van der Waals surface area contributed by atoms with E-state index in [1.807, 2.05) is 0 Å². The van der Waals surface area contributed by atoms with Crippen molar-refractivity contribution in [3.63, 3.8) is 0 Å². The molecule has 0 aliphatic carbocycles. The summed E-state index contributed by atoms with van der Waals surface area (Å²) in [6, 6.07) is 1.86. The Kier molecular flexibility index (Phi) is 5.00. The number of hydrogen-bond donors (Lipinski definition) is 2. The van der Waals surface area contributed by atoms with Crippen molar-refractivity contribution >= 4 is 38.8 Å². The van der Waals surface area contributed by atoms with E-state index in [0.717, 1.165) is 17.4 Å². The van der Waals surface area contributed by atoms with Gasteiger partial charge in [0.25, 0.3) is 17.2 Å². The van der Waals surface area contributed by atoms with E-state index in [1.54, 1.807) is 6.92 Å². The van der Waals surface area contributed by atoms with Crippen molar-refractivity contribution in [2.45, 2.75) is 13.1 Å². The van der Waals surface area contributed by atoms with Gasteiger partial charge in [0.1, 0.15) is 10.5 Å². The average molecular weight is 427 g/mol. The first kappa shape index (κ1) is 20.3. The summed E-state index contributed by atoms with van der Waals surface area (Å²) < 4.78 is 39.5. The van der Waals surface area contributed by atoms with Crippen molar-refractivity contribution in [3.8, 4) is 0 Å². The summed E-state index contributed by atoms with van der Waals surface area (Å²) in [6.07, 6.45) is -3.44. The van der Waals surface area contributed by atoms with Gasteiger partial charge in [-0.3, -0.25) is 30.6 Å². The summed E-state index contributed by atoms with van der Waals surface area (Å²) >= 11 is 0.947. The van der Waals surface area contributed by atoms with Crippen LogP contribution in [0.3, 0.4) is 0 Å². The number of nitrogens with one attached hydrogen (secondary N) is 2. The van der Waals surface area contributed by atoms with E-state index >= 15 is 0 Å². The zero-order chi connectivity index (χ0) is 21.5.